The first kappa shape index (κ1) is 30.4. The summed E-state index contributed by atoms with van der Waals surface area (Å²) >= 11 is 7.75. The maximum atomic E-state index is 13.9. The zero-order valence-corrected chi connectivity index (χ0v) is 26.2. The van der Waals surface area contributed by atoms with E-state index in [1.54, 1.807) is 33.5 Å². The Morgan fingerprint density at radius 1 is 1.12 bits per heavy atom. The Labute approximate surface area is 252 Å². The van der Waals surface area contributed by atoms with Gasteiger partial charge in [0.1, 0.15) is 0 Å². The van der Waals surface area contributed by atoms with Crippen LogP contribution < -0.4 is 4.90 Å². The minimum Gasteiger partial charge on any atom is -0.379 e. The van der Waals surface area contributed by atoms with Crippen molar-refractivity contribution in [1.29, 1.82) is 0 Å². The number of fused-ring (bicyclic) bond motifs is 1. The van der Waals surface area contributed by atoms with Gasteiger partial charge in [0, 0.05) is 49.4 Å². The highest BCUT2D eigenvalue weighted by Crippen LogP contribution is 2.34. The lowest BCUT2D eigenvalue weighted by Gasteiger charge is -2.32. The molecule has 222 valence electrons. The second kappa shape index (κ2) is 13.5. The van der Waals surface area contributed by atoms with Gasteiger partial charge in [-0.3, -0.25) is 14.6 Å². The van der Waals surface area contributed by atoms with E-state index < -0.39 is 10.0 Å². The number of hydrogen-bond acceptors (Lipinski definition) is 7. The predicted molar refractivity (Wildman–Crippen MR) is 166 cm³/mol. The van der Waals surface area contributed by atoms with Gasteiger partial charge in [-0.05, 0) is 68.1 Å². The molecular weight excluding hydrogens is 580 g/mol. The number of sulfonamides is 1. The largest absolute Gasteiger partial charge is 0.379 e. The van der Waals surface area contributed by atoms with Crippen molar-refractivity contribution in [3.8, 4) is 0 Å². The highest BCUT2D eigenvalue weighted by atomic mass is 35.5. The fraction of sp³-hybridized carbons (Fsp3) is 0.533. The van der Waals surface area contributed by atoms with E-state index in [9.17, 15) is 13.2 Å². The maximum absolute atomic E-state index is 13.9. The van der Waals surface area contributed by atoms with E-state index >= 15 is 0 Å². The van der Waals surface area contributed by atoms with Crippen LogP contribution >= 0.6 is 22.9 Å². The first-order valence-electron chi connectivity index (χ1n) is 14.6. The summed E-state index contributed by atoms with van der Waals surface area (Å²) in [5.74, 6) is -0.196. The molecule has 0 bridgehead atoms. The summed E-state index contributed by atoms with van der Waals surface area (Å²) in [5, 5.41) is 1.25. The molecule has 2 fully saturated rings. The summed E-state index contributed by atoms with van der Waals surface area (Å²) < 4.78 is 35.1. The minimum atomic E-state index is -3.65. The van der Waals surface area contributed by atoms with Crippen molar-refractivity contribution in [2.75, 3.05) is 50.8 Å². The molecule has 1 aliphatic carbocycles. The highest BCUT2D eigenvalue weighted by Gasteiger charge is 2.31. The van der Waals surface area contributed by atoms with Crippen LogP contribution in [0.25, 0.3) is 10.2 Å². The Hall–Kier alpha value is -2.08. The third-order valence-electron chi connectivity index (χ3n) is 8.08. The summed E-state index contributed by atoms with van der Waals surface area (Å²) in [7, 11) is -3.65. The van der Waals surface area contributed by atoms with Gasteiger partial charge in [0.25, 0.3) is 5.91 Å². The minimum absolute atomic E-state index is 0.0398. The Balaban J connectivity index is 1.39. The topological polar surface area (TPSA) is 83.1 Å². The van der Waals surface area contributed by atoms with Crippen molar-refractivity contribution in [2.45, 2.75) is 63.3 Å². The molecule has 41 heavy (non-hydrogen) atoms. The van der Waals surface area contributed by atoms with Gasteiger partial charge in [-0.2, -0.15) is 4.31 Å². The van der Waals surface area contributed by atoms with Gasteiger partial charge >= 0.3 is 0 Å². The van der Waals surface area contributed by atoms with Crippen molar-refractivity contribution < 1.29 is 17.9 Å². The molecule has 0 N–H and O–H groups in total. The summed E-state index contributed by atoms with van der Waals surface area (Å²) in [4.78, 5) is 23.1. The fourth-order valence-electron chi connectivity index (χ4n) is 5.87. The van der Waals surface area contributed by atoms with E-state index in [2.05, 4.69) is 4.90 Å². The number of aromatic nitrogens is 1. The molecule has 1 aliphatic heterocycles. The Morgan fingerprint density at radius 2 is 1.83 bits per heavy atom. The molecule has 2 aliphatic rings. The monoisotopic (exact) mass is 618 g/mol. The van der Waals surface area contributed by atoms with Crippen LogP contribution in [0.5, 0.6) is 0 Å². The van der Waals surface area contributed by atoms with E-state index in [0.29, 0.717) is 28.8 Å². The molecule has 1 saturated carbocycles. The molecule has 0 spiro atoms. The molecule has 1 amide bonds. The number of anilines is 1. The van der Waals surface area contributed by atoms with Crippen LogP contribution in [0.3, 0.4) is 0 Å². The van der Waals surface area contributed by atoms with Crippen LogP contribution in [-0.2, 0) is 14.8 Å². The van der Waals surface area contributed by atoms with E-state index in [4.69, 9.17) is 21.3 Å². The van der Waals surface area contributed by atoms with E-state index in [-0.39, 0.29) is 16.8 Å². The molecule has 0 radical (unpaired) electrons. The van der Waals surface area contributed by atoms with Gasteiger partial charge in [-0.25, -0.2) is 13.4 Å². The lowest BCUT2D eigenvalue weighted by Crippen LogP contribution is -2.41. The summed E-state index contributed by atoms with van der Waals surface area (Å²) in [5.41, 5.74) is 2.23. The number of thiazole rings is 1. The van der Waals surface area contributed by atoms with Crippen LogP contribution in [0, 0.1) is 6.92 Å². The lowest BCUT2D eigenvalue weighted by atomic mass is 9.95. The van der Waals surface area contributed by atoms with Crippen LogP contribution in [0.4, 0.5) is 5.13 Å². The molecule has 11 heteroatoms. The number of hydrogen-bond donors (Lipinski definition) is 0. The second-order valence-electron chi connectivity index (χ2n) is 10.9. The van der Waals surface area contributed by atoms with Crippen molar-refractivity contribution in [3.63, 3.8) is 0 Å². The first-order chi connectivity index (χ1) is 19.8. The first-order valence-corrected chi connectivity index (χ1v) is 17.2. The molecule has 0 atom stereocenters. The number of ether oxygens (including phenoxy) is 1. The molecule has 3 aromatic rings. The van der Waals surface area contributed by atoms with Crippen LogP contribution in [0.2, 0.25) is 5.02 Å². The molecule has 1 aromatic heterocycles. The molecule has 0 unspecified atom stereocenters. The van der Waals surface area contributed by atoms with Gasteiger partial charge in [0.2, 0.25) is 10.0 Å². The Bertz CT molecular complexity index is 1450. The highest BCUT2D eigenvalue weighted by molar-refractivity contribution is 7.89. The normalized spacial score (nSPS) is 17.4. The van der Waals surface area contributed by atoms with Gasteiger partial charge in [-0.1, -0.05) is 49.1 Å². The zero-order chi connectivity index (χ0) is 29.0. The van der Waals surface area contributed by atoms with Crippen molar-refractivity contribution in [3.05, 3.63) is 52.5 Å². The summed E-state index contributed by atoms with van der Waals surface area (Å²) in [6.45, 7) is 8.88. The molecule has 8 nitrogen and oxygen atoms in total. The zero-order valence-electron chi connectivity index (χ0n) is 23.9. The number of carbonyl (C=O) groups excluding carboxylic acids is 1. The van der Waals surface area contributed by atoms with Gasteiger partial charge in [-0.15, -0.1) is 0 Å². The van der Waals surface area contributed by atoms with E-state index in [1.807, 2.05) is 26.0 Å². The number of halogens is 1. The van der Waals surface area contributed by atoms with Crippen LogP contribution in [0.1, 0.15) is 61.4 Å². The predicted octanol–water partition coefficient (Wildman–Crippen LogP) is 5.97. The number of carbonyl (C=O) groups is 1. The van der Waals surface area contributed by atoms with Crippen molar-refractivity contribution >= 4 is 54.2 Å². The average Bonchev–Trinajstić information content (AvgIpc) is 3.40. The smallest absolute Gasteiger partial charge is 0.260 e. The summed E-state index contributed by atoms with van der Waals surface area (Å²) in [6, 6.07) is 10.2. The molecule has 2 heterocycles. The number of amides is 1. The number of benzene rings is 2. The molecule has 2 aromatic carbocycles. The van der Waals surface area contributed by atoms with E-state index in [1.165, 1.54) is 11.3 Å². The Morgan fingerprint density at radius 3 is 2.51 bits per heavy atom. The third kappa shape index (κ3) is 6.95. The molecular formula is C30H39ClN4O4S2. The standard InChI is InChI=1S/C30H39ClN4O4S2/c1-3-35(25-8-5-4-6-9-25)41(37,38)26-12-10-23(11-13-26)29(36)34(15-7-14-33-16-18-39-19-17-33)30-32-28-22(2)20-24(31)21-27(28)40-30/h10-13,20-21,25H,3-9,14-19H2,1-2H3. The van der Waals surface area contributed by atoms with Gasteiger partial charge in [0.15, 0.2) is 5.13 Å². The second-order valence-corrected chi connectivity index (χ2v) is 14.2. The average molecular weight is 619 g/mol. The fourth-order valence-corrected chi connectivity index (χ4v) is 9.01. The van der Waals surface area contributed by atoms with Gasteiger partial charge < -0.3 is 4.74 Å². The van der Waals surface area contributed by atoms with Crippen molar-refractivity contribution in [2.24, 2.45) is 0 Å². The van der Waals surface area contributed by atoms with E-state index in [0.717, 1.165) is 87.2 Å². The quantitative estimate of drug-likeness (QED) is 0.278. The van der Waals surface area contributed by atoms with Gasteiger partial charge in [0.05, 0.1) is 28.3 Å². The third-order valence-corrected chi connectivity index (χ3v) is 11.4. The Kier molecular flexibility index (Phi) is 9.99. The lowest BCUT2D eigenvalue weighted by molar-refractivity contribution is 0.0376. The number of nitrogens with zero attached hydrogens (tertiary/aromatic N) is 4. The molecule has 5 rings (SSSR count). The SMILES string of the molecule is CCN(C1CCCCC1)S(=O)(=O)c1ccc(C(=O)N(CCCN2CCOCC2)c2nc3c(C)cc(Cl)cc3s2)cc1. The van der Waals surface area contributed by atoms with Crippen molar-refractivity contribution in [1.82, 2.24) is 14.2 Å². The number of aryl methyl sites for hydroxylation is 1. The van der Waals surface area contributed by atoms with Crippen LogP contribution in [0.15, 0.2) is 41.3 Å². The summed E-state index contributed by atoms with van der Waals surface area (Å²) in [6.07, 6.45) is 5.85. The maximum Gasteiger partial charge on any atom is 0.260 e. The molecule has 1 saturated heterocycles. The van der Waals surface area contributed by atoms with Crippen LogP contribution in [-0.4, -0.2) is 80.5 Å². The number of morpholine rings is 1. The number of rotatable bonds is 10.